The maximum Gasteiger partial charge on any atom is 0.0885 e. The van der Waals surface area contributed by atoms with Crippen LogP contribution in [-0.4, -0.2) is 23.4 Å². The van der Waals surface area contributed by atoms with E-state index < -0.39 is 0 Å². The summed E-state index contributed by atoms with van der Waals surface area (Å²) < 4.78 is 5.70. The Labute approximate surface area is 87.9 Å². The van der Waals surface area contributed by atoms with Crippen LogP contribution in [0.25, 0.3) is 0 Å². The van der Waals surface area contributed by atoms with Gasteiger partial charge in [-0.15, -0.1) is 11.6 Å². The molecule has 0 bridgehead atoms. The fourth-order valence-electron chi connectivity index (χ4n) is 0.991. The highest BCUT2D eigenvalue weighted by molar-refractivity contribution is 9.09. The molecular formula is C9H16BrClO. The van der Waals surface area contributed by atoms with E-state index in [1.54, 1.807) is 0 Å². The molecule has 1 rings (SSSR count). The second kappa shape index (κ2) is 4.83. The topological polar surface area (TPSA) is 9.23 Å². The third-order valence-electron chi connectivity index (χ3n) is 2.24. The molecule has 0 heterocycles. The van der Waals surface area contributed by atoms with E-state index in [4.69, 9.17) is 16.3 Å². The molecule has 3 heteroatoms. The minimum Gasteiger partial charge on any atom is -0.373 e. The molecule has 1 nitrogen and oxygen atoms in total. The van der Waals surface area contributed by atoms with Crippen molar-refractivity contribution in [1.82, 2.24) is 0 Å². The summed E-state index contributed by atoms with van der Waals surface area (Å²) in [6, 6.07) is 0. The Hall–Kier alpha value is 0.730. The molecule has 1 unspecified atom stereocenters. The first kappa shape index (κ1) is 10.8. The van der Waals surface area contributed by atoms with E-state index in [0.717, 1.165) is 17.9 Å². The molecule has 0 amide bonds. The van der Waals surface area contributed by atoms with Crippen LogP contribution in [0.1, 0.15) is 26.2 Å². The first-order valence-electron chi connectivity index (χ1n) is 4.46. The van der Waals surface area contributed by atoms with Crippen LogP contribution >= 0.6 is 27.5 Å². The van der Waals surface area contributed by atoms with E-state index in [1.807, 2.05) is 6.92 Å². The first-order chi connectivity index (χ1) is 5.70. The van der Waals surface area contributed by atoms with Crippen molar-refractivity contribution in [3.05, 3.63) is 0 Å². The van der Waals surface area contributed by atoms with Gasteiger partial charge < -0.3 is 4.74 Å². The number of hydrogen-bond donors (Lipinski definition) is 0. The van der Waals surface area contributed by atoms with Gasteiger partial charge in [-0.2, -0.15) is 0 Å². The summed E-state index contributed by atoms with van der Waals surface area (Å²) in [5.41, 5.74) is -0.170. The third kappa shape index (κ3) is 3.63. The summed E-state index contributed by atoms with van der Waals surface area (Å²) in [5.74, 6) is 1.50. The molecule has 12 heavy (non-hydrogen) atoms. The summed E-state index contributed by atoms with van der Waals surface area (Å²) >= 11 is 9.19. The van der Waals surface area contributed by atoms with Gasteiger partial charge in [-0.1, -0.05) is 28.8 Å². The van der Waals surface area contributed by atoms with Crippen LogP contribution in [-0.2, 0) is 4.74 Å². The molecule has 0 N–H and O–H groups in total. The van der Waals surface area contributed by atoms with Crippen molar-refractivity contribution in [3.8, 4) is 0 Å². The maximum absolute atomic E-state index is 5.78. The van der Waals surface area contributed by atoms with Gasteiger partial charge in [0.25, 0.3) is 0 Å². The highest BCUT2D eigenvalue weighted by Gasteiger charge is 2.25. The SMILES string of the molecule is CC(CCl)(CBr)OCCC1CC1. The Morgan fingerprint density at radius 3 is 2.67 bits per heavy atom. The van der Waals surface area contributed by atoms with Crippen LogP contribution in [0.15, 0.2) is 0 Å². The molecule has 0 aromatic heterocycles. The average molecular weight is 256 g/mol. The van der Waals surface area contributed by atoms with Gasteiger partial charge in [0.2, 0.25) is 0 Å². The molecule has 1 atom stereocenters. The normalized spacial score (nSPS) is 22.2. The second-order valence-corrected chi connectivity index (χ2v) is 4.63. The van der Waals surface area contributed by atoms with Gasteiger partial charge in [-0.05, 0) is 19.3 Å². The molecular weight excluding hydrogens is 239 g/mol. The predicted octanol–water partition coefficient (Wildman–Crippen LogP) is 3.20. The highest BCUT2D eigenvalue weighted by atomic mass is 79.9. The molecule has 0 aromatic rings. The maximum atomic E-state index is 5.78. The van der Waals surface area contributed by atoms with Crippen LogP contribution < -0.4 is 0 Å². The van der Waals surface area contributed by atoms with Crippen molar-refractivity contribution in [3.63, 3.8) is 0 Å². The van der Waals surface area contributed by atoms with Gasteiger partial charge in [0.05, 0.1) is 11.5 Å². The lowest BCUT2D eigenvalue weighted by Gasteiger charge is -2.25. The molecule has 0 saturated heterocycles. The lowest BCUT2D eigenvalue weighted by molar-refractivity contribution is 0.00152. The summed E-state index contributed by atoms with van der Waals surface area (Å²) in [7, 11) is 0. The fraction of sp³-hybridized carbons (Fsp3) is 1.00. The van der Waals surface area contributed by atoms with Crippen molar-refractivity contribution in [1.29, 1.82) is 0 Å². The van der Waals surface area contributed by atoms with Crippen LogP contribution in [0.5, 0.6) is 0 Å². The van der Waals surface area contributed by atoms with Crippen molar-refractivity contribution >= 4 is 27.5 Å². The lowest BCUT2D eigenvalue weighted by Crippen LogP contribution is -2.33. The molecule has 0 aromatic carbocycles. The number of alkyl halides is 2. The average Bonchev–Trinajstić information content (AvgIpc) is 2.88. The van der Waals surface area contributed by atoms with Crippen molar-refractivity contribution < 1.29 is 4.74 Å². The smallest absolute Gasteiger partial charge is 0.0885 e. The molecule has 1 aliphatic carbocycles. The third-order valence-corrected chi connectivity index (χ3v) is 3.99. The van der Waals surface area contributed by atoms with Gasteiger partial charge in [0, 0.05) is 11.9 Å². The first-order valence-corrected chi connectivity index (χ1v) is 6.12. The Bertz CT molecular complexity index is 132. The van der Waals surface area contributed by atoms with Gasteiger partial charge in [0.15, 0.2) is 0 Å². The Kier molecular flexibility index (Phi) is 4.35. The highest BCUT2D eigenvalue weighted by Crippen LogP contribution is 2.32. The van der Waals surface area contributed by atoms with E-state index in [-0.39, 0.29) is 5.60 Å². The van der Waals surface area contributed by atoms with E-state index in [2.05, 4.69) is 15.9 Å². The summed E-state index contributed by atoms with van der Waals surface area (Å²) in [4.78, 5) is 0. The van der Waals surface area contributed by atoms with Crippen LogP contribution in [0.3, 0.4) is 0 Å². The molecule has 0 aliphatic heterocycles. The summed E-state index contributed by atoms with van der Waals surface area (Å²) in [5, 5.41) is 0.814. The Morgan fingerprint density at radius 2 is 2.25 bits per heavy atom. The molecule has 72 valence electrons. The quantitative estimate of drug-likeness (QED) is 0.662. The van der Waals surface area contributed by atoms with Gasteiger partial charge in [-0.25, -0.2) is 0 Å². The zero-order chi connectivity index (χ0) is 9.03. The monoisotopic (exact) mass is 254 g/mol. The zero-order valence-electron chi connectivity index (χ0n) is 7.48. The number of halogens is 2. The minimum atomic E-state index is -0.170. The number of hydrogen-bond acceptors (Lipinski definition) is 1. The van der Waals surface area contributed by atoms with Crippen LogP contribution in [0, 0.1) is 5.92 Å². The molecule has 1 fully saturated rings. The predicted molar refractivity (Wildman–Crippen MR) is 56.2 cm³/mol. The summed E-state index contributed by atoms with van der Waals surface area (Å²) in [6.45, 7) is 2.90. The van der Waals surface area contributed by atoms with Crippen molar-refractivity contribution in [2.75, 3.05) is 17.8 Å². The van der Waals surface area contributed by atoms with Crippen molar-refractivity contribution in [2.24, 2.45) is 5.92 Å². The van der Waals surface area contributed by atoms with E-state index in [9.17, 15) is 0 Å². The van der Waals surface area contributed by atoms with E-state index in [1.165, 1.54) is 19.3 Å². The van der Waals surface area contributed by atoms with Crippen LogP contribution in [0.2, 0.25) is 0 Å². The van der Waals surface area contributed by atoms with Crippen molar-refractivity contribution in [2.45, 2.75) is 31.8 Å². The molecule has 1 saturated carbocycles. The molecule has 1 aliphatic rings. The van der Waals surface area contributed by atoms with Gasteiger partial charge >= 0.3 is 0 Å². The minimum absolute atomic E-state index is 0.170. The van der Waals surface area contributed by atoms with E-state index >= 15 is 0 Å². The Balaban J connectivity index is 2.08. The standard InChI is InChI=1S/C9H16BrClO/c1-9(6-10,7-11)12-5-4-8-2-3-8/h8H,2-7H2,1H3. The largest absolute Gasteiger partial charge is 0.373 e. The number of rotatable bonds is 6. The fourth-order valence-corrected chi connectivity index (χ4v) is 1.75. The van der Waals surface area contributed by atoms with Gasteiger partial charge in [-0.3, -0.25) is 0 Å². The Morgan fingerprint density at radius 1 is 1.58 bits per heavy atom. The summed E-state index contributed by atoms with van der Waals surface area (Å²) in [6.07, 6.45) is 4.00. The van der Waals surface area contributed by atoms with Gasteiger partial charge in [0.1, 0.15) is 0 Å². The number of ether oxygens (including phenoxy) is 1. The second-order valence-electron chi connectivity index (χ2n) is 3.80. The molecule has 0 spiro atoms. The lowest BCUT2D eigenvalue weighted by atomic mass is 10.2. The van der Waals surface area contributed by atoms with E-state index in [0.29, 0.717) is 5.88 Å². The zero-order valence-corrected chi connectivity index (χ0v) is 9.83. The molecule has 0 radical (unpaired) electrons. The van der Waals surface area contributed by atoms with Crippen LogP contribution in [0.4, 0.5) is 0 Å².